The SMILES string of the molecule is COc1ccc2c(c1)C(C)(C)C(C)=[N+]2CCCCS(=O)(=O)CCCSSCCNS(=O)(=O)CCCC[N+]1=C(C)C(C)(C)c2cc(OC)ccc21.Cc1oc2ccccc2[n+]1CCCSSCCC[n+]1c(C)oc2ccccc21.Cc1sc2ccc(Cl)cc2[n+]1CCCCSSCCCC[n+]1c(C)sc2ccc(Cl)cc21. The van der Waals surface area contributed by atoms with Gasteiger partial charge in [0.15, 0.2) is 24.5 Å². The number of aryl methyl sites for hydroxylation is 8. The van der Waals surface area contributed by atoms with Crippen LogP contribution in [0.3, 0.4) is 0 Å². The average molecular weight is 1730 g/mol. The normalized spacial score (nSPS) is 13.9. The maximum atomic E-state index is 12.7. The summed E-state index contributed by atoms with van der Waals surface area (Å²) in [5.74, 6) is 10.2. The van der Waals surface area contributed by atoms with Gasteiger partial charge in [0, 0.05) is 165 Å². The van der Waals surface area contributed by atoms with Gasteiger partial charge in [0.1, 0.15) is 56.9 Å². The third kappa shape index (κ3) is 23.6. The second kappa shape index (κ2) is 41.9. The molecule has 2 aliphatic heterocycles. The molecule has 4 aromatic heterocycles. The van der Waals surface area contributed by atoms with Gasteiger partial charge in [-0.15, -0.1) is 0 Å². The van der Waals surface area contributed by atoms with Crippen molar-refractivity contribution in [3.8, 4) is 11.5 Å². The summed E-state index contributed by atoms with van der Waals surface area (Å²) in [5.41, 5.74) is 14.0. The predicted molar refractivity (Wildman–Crippen MR) is 475 cm³/mol. The molecule has 6 aromatic carbocycles. The van der Waals surface area contributed by atoms with Crippen molar-refractivity contribution in [2.45, 2.75) is 177 Å². The fourth-order valence-electron chi connectivity index (χ4n) is 14.2. The minimum Gasteiger partial charge on any atom is -0.497 e. The largest absolute Gasteiger partial charge is 0.497 e. The zero-order chi connectivity index (χ0) is 78.6. The summed E-state index contributed by atoms with van der Waals surface area (Å²) < 4.78 is 92.4. The molecule has 2 aliphatic rings. The Kier molecular flexibility index (Phi) is 33.5. The lowest BCUT2D eigenvalue weighted by atomic mass is 9.82. The number of oxazole rings is 2. The van der Waals surface area contributed by atoms with E-state index in [9.17, 15) is 16.8 Å². The number of rotatable bonds is 41. The van der Waals surface area contributed by atoms with Crippen molar-refractivity contribution < 1.29 is 62.6 Å². The number of nitrogens with zero attached hydrogens (tertiary/aromatic N) is 6. The van der Waals surface area contributed by atoms with E-state index < -0.39 is 19.9 Å². The zero-order valence-corrected chi connectivity index (χ0v) is 75.6. The van der Waals surface area contributed by atoms with Crippen LogP contribution < -0.4 is 32.5 Å². The van der Waals surface area contributed by atoms with Crippen LogP contribution in [0.1, 0.15) is 145 Å². The number of sulfone groups is 1. The Morgan fingerprint density at radius 1 is 0.427 bits per heavy atom. The number of para-hydroxylation sites is 4. The summed E-state index contributed by atoms with van der Waals surface area (Å²) in [5, 5.41) is 4.36. The molecule has 10 aromatic rings. The zero-order valence-electron chi connectivity index (χ0n) is 65.9. The van der Waals surface area contributed by atoms with Gasteiger partial charge >= 0.3 is 11.8 Å². The molecule has 15 nitrogen and oxygen atoms in total. The number of halogens is 2. The minimum absolute atomic E-state index is 0.0932. The van der Waals surface area contributed by atoms with Crippen molar-refractivity contribution in [3.63, 3.8) is 0 Å². The van der Waals surface area contributed by atoms with E-state index in [0.29, 0.717) is 37.3 Å². The van der Waals surface area contributed by atoms with Crippen LogP contribution >= 0.6 is 111 Å². The average Bonchev–Trinajstić information content (AvgIpc) is 1.60. The van der Waals surface area contributed by atoms with Gasteiger partial charge in [-0.2, -0.15) is 27.4 Å². The number of fused-ring (bicyclic) bond motifs is 6. The van der Waals surface area contributed by atoms with Gasteiger partial charge in [0.05, 0.1) is 56.2 Å². The Balaban J connectivity index is 0.000000185. The number of aromatic nitrogens is 4. The highest BCUT2D eigenvalue weighted by atomic mass is 35.5. The highest BCUT2D eigenvalue weighted by molar-refractivity contribution is 8.77. The topological polar surface area (TPSA) is 147 Å². The number of methoxy groups -OCH3 is 2. The minimum atomic E-state index is -3.35. The molecule has 594 valence electrons. The fourth-order valence-corrected chi connectivity index (χ4v) is 25.9. The van der Waals surface area contributed by atoms with Crippen molar-refractivity contribution in [3.05, 3.63) is 164 Å². The Labute approximate surface area is 695 Å². The number of nitrogens with one attached hydrogen (secondary N) is 1. The lowest BCUT2D eigenvalue weighted by molar-refractivity contribution is -0.682. The molecule has 0 aliphatic carbocycles. The van der Waals surface area contributed by atoms with E-state index in [1.54, 1.807) is 35.8 Å². The standard InChI is InChI=1S/C37H57N3O6S4.C24H28Cl2N2S4.C22H26N2O2S2/c1-28-36(3,4)32-26-30(45-7)14-16-34(32)39(28)19-9-11-23-49(41,42)24-13-21-47-48-22-18-38-50(43,44)25-12-10-20-40-29(2)37(5,6)33-27-31(46-8)15-17-35(33)40;1-17-27(21-15-19(25)7-9-23(21)31-17)11-3-5-13-29-30-14-6-4-12-28-18(2)32-24-10-8-20(26)16-22(24)28;1-17-23(19-9-3-5-11-21(19)25-17)13-7-15-27-28-16-8-14-24-18(2)26-22-12-6-4-10-20(22)24/h14-17,26-27,38H,9-13,18-25H2,1-8H3;7-10,15-16H,3-6,11-14H2,1-2H3;3-6,9-12H,7-8,13-16H2,1-2H3/q3*+2. The lowest BCUT2D eigenvalue weighted by Gasteiger charge is -2.15. The third-order valence-electron chi connectivity index (χ3n) is 20.8. The predicted octanol–water partition coefficient (Wildman–Crippen LogP) is 20.4. The van der Waals surface area contributed by atoms with Crippen molar-refractivity contribution in [2.75, 3.05) is 85.6 Å². The molecule has 1 N–H and O–H groups in total. The van der Waals surface area contributed by atoms with Gasteiger partial charge in [-0.25, -0.2) is 21.6 Å². The first-order valence-corrected chi connectivity index (χ1v) is 51.6. The van der Waals surface area contributed by atoms with E-state index in [0.717, 1.165) is 121 Å². The second-order valence-corrected chi connectivity index (χ2v) is 44.6. The first kappa shape index (κ1) is 87.9. The first-order valence-electron chi connectivity index (χ1n) is 38.2. The van der Waals surface area contributed by atoms with E-state index in [2.05, 4.69) is 160 Å². The monoisotopic (exact) mass is 1720 g/mol. The number of benzene rings is 6. The highest BCUT2D eigenvalue weighted by Gasteiger charge is 2.44. The molecule has 12 rings (SSSR count). The smallest absolute Gasteiger partial charge is 0.344 e. The summed E-state index contributed by atoms with van der Waals surface area (Å²) >= 11 is 16.1. The molecule has 0 spiro atoms. The molecule has 0 unspecified atom stereocenters. The number of ether oxygens (including phenoxy) is 2. The summed E-state index contributed by atoms with van der Waals surface area (Å²) in [7, 11) is 8.07. The van der Waals surface area contributed by atoms with Crippen LogP contribution in [0.5, 0.6) is 11.5 Å². The van der Waals surface area contributed by atoms with Gasteiger partial charge in [0.2, 0.25) is 53.6 Å². The number of sulfonamides is 1. The fraction of sp³-hybridized carbons (Fsp3) is 0.494. The van der Waals surface area contributed by atoms with Gasteiger partial charge in [0.25, 0.3) is 11.0 Å². The lowest BCUT2D eigenvalue weighted by Crippen LogP contribution is -2.35. The number of unbranched alkanes of at least 4 members (excludes halogenated alkanes) is 4. The summed E-state index contributed by atoms with van der Waals surface area (Å²) in [4.78, 5) is 0. The molecule has 0 bridgehead atoms. The Hall–Kier alpha value is -4.48. The summed E-state index contributed by atoms with van der Waals surface area (Å²) in [6.45, 7) is 27.8. The van der Waals surface area contributed by atoms with Crippen LogP contribution in [0.15, 0.2) is 130 Å². The number of hydrogen-bond acceptors (Lipinski definition) is 16. The van der Waals surface area contributed by atoms with Crippen LogP contribution in [0.2, 0.25) is 10.0 Å². The molecule has 110 heavy (non-hydrogen) atoms. The van der Waals surface area contributed by atoms with Crippen molar-refractivity contribution in [1.82, 2.24) is 4.72 Å². The molecule has 0 fully saturated rings. The van der Waals surface area contributed by atoms with Gasteiger partial charge < -0.3 is 18.3 Å². The first-order chi connectivity index (χ1) is 52.8. The quantitative estimate of drug-likeness (QED) is 0.0220. The van der Waals surface area contributed by atoms with Crippen LogP contribution in [0.4, 0.5) is 11.4 Å². The van der Waals surface area contributed by atoms with Crippen LogP contribution in [-0.2, 0) is 56.9 Å². The molecule has 27 heteroatoms. The van der Waals surface area contributed by atoms with Crippen LogP contribution in [-0.4, -0.2) is 123 Å². The van der Waals surface area contributed by atoms with E-state index in [-0.39, 0.29) is 28.1 Å². The molecule has 0 radical (unpaired) electrons. The number of thiazole rings is 2. The third-order valence-corrected chi connectivity index (χ3v) is 34.3. The van der Waals surface area contributed by atoms with Gasteiger partial charge in [-0.1, -0.05) is 135 Å². The van der Waals surface area contributed by atoms with Crippen molar-refractivity contribution in [1.29, 1.82) is 0 Å². The summed E-state index contributed by atoms with van der Waals surface area (Å²) in [6, 6.07) is 41.3. The molecule has 0 atom stereocenters. The van der Waals surface area contributed by atoms with Crippen molar-refractivity contribution in [2.24, 2.45) is 0 Å². The van der Waals surface area contributed by atoms with Gasteiger partial charge in [-0.05, 0) is 120 Å². The van der Waals surface area contributed by atoms with E-state index in [4.69, 9.17) is 41.5 Å². The molecular weight excluding hydrogens is 1610 g/mol. The summed E-state index contributed by atoms with van der Waals surface area (Å²) in [6.07, 6.45) is 10.6. The molecule has 0 amide bonds. The van der Waals surface area contributed by atoms with Crippen LogP contribution in [0.25, 0.3) is 42.6 Å². The van der Waals surface area contributed by atoms with Gasteiger partial charge in [-0.3, -0.25) is 0 Å². The maximum Gasteiger partial charge on any atom is 0.344 e. The Morgan fingerprint density at radius 3 is 1.27 bits per heavy atom. The molecule has 0 saturated heterocycles. The van der Waals surface area contributed by atoms with E-state index in [1.807, 2.05) is 128 Å². The highest BCUT2D eigenvalue weighted by Crippen LogP contribution is 2.43. The molecule has 0 saturated carbocycles. The Bertz CT molecular complexity index is 4740. The van der Waals surface area contributed by atoms with Crippen LogP contribution in [0, 0.1) is 27.7 Å². The Morgan fingerprint density at radius 2 is 0.818 bits per heavy atom. The second-order valence-electron chi connectivity index (χ2n) is 28.9. The molecule has 6 heterocycles. The van der Waals surface area contributed by atoms with Crippen molar-refractivity contribution >= 4 is 196 Å². The van der Waals surface area contributed by atoms with E-state index in [1.165, 1.54) is 113 Å². The van der Waals surface area contributed by atoms with E-state index >= 15 is 0 Å². The number of hydrogen-bond donors (Lipinski definition) is 1. The maximum absolute atomic E-state index is 12.7. The molecular formula is C83H111Cl2N7O8S10+6.